The summed E-state index contributed by atoms with van der Waals surface area (Å²) in [5, 5.41) is 18.5. The third kappa shape index (κ3) is 3.79. The summed E-state index contributed by atoms with van der Waals surface area (Å²) < 4.78 is 1.71. The molecule has 0 amide bonds. The normalized spacial score (nSPS) is 11.7. The summed E-state index contributed by atoms with van der Waals surface area (Å²) >= 11 is 1.72. The zero-order chi connectivity index (χ0) is 17.2. The van der Waals surface area contributed by atoms with Crippen molar-refractivity contribution in [1.82, 2.24) is 25.2 Å². The van der Waals surface area contributed by atoms with E-state index < -0.39 is 0 Å². The zero-order valence-electron chi connectivity index (χ0n) is 14.4. The van der Waals surface area contributed by atoms with Crippen LogP contribution in [0.1, 0.15) is 37.0 Å². The van der Waals surface area contributed by atoms with Crippen LogP contribution in [0.4, 0.5) is 5.95 Å². The molecule has 3 rings (SSSR count). The van der Waals surface area contributed by atoms with E-state index in [0.717, 1.165) is 24.3 Å². The molecule has 24 heavy (non-hydrogen) atoms. The maximum atomic E-state index is 4.71. The summed E-state index contributed by atoms with van der Waals surface area (Å²) in [6.07, 6.45) is 0.841. The highest BCUT2D eigenvalue weighted by Gasteiger charge is 2.17. The summed E-state index contributed by atoms with van der Waals surface area (Å²) in [6, 6.07) is 8.11. The summed E-state index contributed by atoms with van der Waals surface area (Å²) in [4.78, 5) is 4.71. The fourth-order valence-electron chi connectivity index (χ4n) is 2.23. The fraction of sp³-hybridized carbons (Fsp3) is 0.412. The molecular weight excluding hydrogens is 320 g/mol. The summed E-state index contributed by atoms with van der Waals surface area (Å²) in [6.45, 7) is 9.35. The van der Waals surface area contributed by atoms with Crippen molar-refractivity contribution in [3.63, 3.8) is 0 Å². The average molecular weight is 342 g/mol. The fourth-order valence-corrected chi connectivity index (χ4v) is 3.17. The van der Waals surface area contributed by atoms with E-state index in [-0.39, 0.29) is 5.41 Å². The lowest BCUT2D eigenvalue weighted by atomic mass is 9.98. The van der Waals surface area contributed by atoms with Gasteiger partial charge >= 0.3 is 0 Å². The van der Waals surface area contributed by atoms with Gasteiger partial charge in [-0.05, 0) is 29.5 Å². The van der Waals surface area contributed by atoms with Gasteiger partial charge in [-0.25, -0.2) is 4.98 Å². The van der Waals surface area contributed by atoms with Gasteiger partial charge in [-0.3, -0.25) is 0 Å². The van der Waals surface area contributed by atoms with Crippen LogP contribution >= 0.6 is 11.3 Å². The second-order valence-electron chi connectivity index (χ2n) is 6.82. The van der Waals surface area contributed by atoms with E-state index in [1.54, 1.807) is 16.0 Å². The van der Waals surface area contributed by atoms with Crippen molar-refractivity contribution in [3.05, 3.63) is 45.9 Å². The number of thiazole rings is 1. The van der Waals surface area contributed by atoms with Gasteiger partial charge in [0, 0.05) is 23.8 Å². The Hall–Kier alpha value is -2.28. The molecule has 0 atom stereocenters. The van der Waals surface area contributed by atoms with Crippen LogP contribution in [0.25, 0.3) is 5.69 Å². The number of tetrazole rings is 1. The Morgan fingerprint density at radius 3 is 2.58 bits per heavy atom. The summed E-state index contributed by atoms with van der Waals surface area (Å²) in [5.41, 5.74) is 3.36. The highest BCUT2D eigenvalue weighted by molar-refractivity contribution is 7.09. The molecule has 126 valence electrons. The number of benzene rings is 1. The maximum Gasteiger partial charge on any atom is 0.247 e. The molecule has 0 aliphatic rings. The number of rotatable bonds is 5. The van der Waals surface area contributed by atoms with E-state index >= 15 is 0 Å². The Bertz CT molecular complexity index is 797. The number of nitrogens with one attached hydrogen (secondary N) is 1. The highest BCUT2D eigenvalue weighted by Crippen LogP contribution is 2.25. The number of nitrogens with zero attached hydrogens (tertiary/aromatic N) is 5. The molecule has 0 unspecified atom stereocenters. The van der Waals surface area contributed by atoms with Crippen molar-refractivity contribution in [2.75, 3.05) is 11.9 Å². The van der Waals surface area contributed by atoms with Crippen LogP contribution in [0.3, 0.4) is 0 Å². The van der Waals surface area contributed by atoms with Crippen LogP contribution in [0.15, 0.2) is 29.6 Å². The minimum absolute atomic E-state index is 0.103. The Morgan fingerprint density at radius 1 is 1.17 bits per heavy atom. The molecule has 0 spiro atoms. The molecule has 0 fully saturated rings. The van der Waals surface area contributed by atoms with Gasteiger partial charge in [-0.15, -0.1) is 11.3 Å². The van der Waals surface area contributed by atoms with Crippen molar-refractivity contribution in [1.29, 1.82) is 0 Å². The van der Waals surface area contributed by atoms with Crippen molar-refractivity contribution in [2.24, 2.45) is 0 Å². The molecule has 2 aromatic heterocycles. The Labute approximate surface area is 145 Å². The maximum absolute atomic E-state index is 4.71. The van der Waals surface area contributed by atoms with E-state index in [1.807, 2.05) is 24.3 Å². The van der Waals surface area contributed by atoms with Crippen LogP contribution in [-0.4, -0.2) is 31.7 Å². The van der Waals surface area contributed by atoms with E-state index in [9.17, 15) is 0 Å². The first-order valence-electron chi connectivity index (χ1n) is 7.98. The first-order valence-corrected chi connectivity index (χ1v) is 8.85. The van der Waals surface area contributed by atoms with Gasteiger partial charge in [0.15, 0.2) is 0 Å². The molecule has 0 saturated carbocycles. The molecular formula is C17H22N6S. The Morgan fingerprint density at radius 2 is 1.92 bits per heavy atom. The molecule has 0 aliphatic carbocycles. The minimum Gasteiger partial charge on any atom is -0.352 e. The molecule has 0 radical (unpaired) electrons. The molecule has 0 aliphatic heterocycles. The van der Waals surface area contributed by atoms with E-state index in [1.165, 1.54) is 10.6 Å². The molecule has 0 saturated heterocycles. The molecule has 0 bridgehead atoms. The largest absolute Gasteiger partial charge is 0.352 e. The zero-order valence-corrected chi connectivity index (χ0v) is 15.3. The van der Waals surface area contributed by atoms with Crippen molar-refractivity contribution < 1.29 is 0 Å². The monoisotopic (exact) mass is 342 g/mol. The third-order valence-electron chi connectivity index (χ3n) is 3.61. The second-order valence-corrected chi connectivity index (χ2v) is 7.68. The molecule has 6 nitrogen and oxygen atoms in total. The van der Waals surface area contributed by atoms with Gasteiger partial charge in [-0.2, -0.15) is 4.68 Å². The molecule has 7 heteroatoms. The van der Waals surface area contributed by atoms with Crippen molar-refractivity contribution >= 4 is 17.3 Å². The van der Waals surface area contributed by atoms with Crippen LogP contribution in [0.2, 0.25) is 0 Å². The number of anilines is 1. The molecule has 1 aromatic carbocycles. The van der Waals surface area contributed by atoms with Gasteiger partial charge in [0.05, 0.1) is 16.4 Å². The average Bonchev–Trinajstić information content (AvgIpc) is 3.17. The minimum atomic E-state index is 0.103. The number of hydrogen-bond donors (Lipinski definition) is 1. The Kier molecular flexibility index (Phi) is 4.62. The third-order valence-corrected chi connectivity index (χ3v) is 4.92. The van der Waals surface area contributed by atoms with E-state index in [2.05, 4.69) is 53.9 Å². The van der Waals surface area contributed by atoms with Crippen molar-refractivity contribution in [2.45, 2.75) is 39.5 Å². The van der Waals surface area contributed by atoms with Gasteiger partial charge < -0.3 is 5.32 Å². The van der Waals surface area contributed by atoms with Crippen LogP contribution in [0.5, 0.6) is 0 Å². The topological polar surface area (TPSA) is 68.5 Å². The van der Waals surface area contributed by atoms with Crippen LogP contribution in [0, 0.1) is 6.92 Å². The lowest BCUT2D eigenvalue weighted by Gasteiger charge is -2.13. The lowest BCUT2D eigenvalue weighted by molar-refractivity contribution is 0.583. The number of hydrogen-bond acceptors (Lipinski definition) is 6. The van der Waals surface area contributed by atoms with Crippen LogP contribution in [-0.2, 0) is 11.8 Å². The highest BCUT2D eigenvalue weighted by atomic mass is 32.1. The quantitative estimate of drug-likeness (QED) is 0.770. The number of aryl methyl sites for hydroxylation is 1. The molecule has 2 heterocycles. The van der Waals surface area contributed by atoms with Crippen LogP contribution < -0.4 is 5.32 Å². The van der Waals surface area contributed by atoms with E-state index in [4.69, 9.17) is 4.98 Å². The Balaban J connectivity index is 1.63. The smallest absolute Gasteiger partial charge is 0.247 e. The van der Waals surface area contributed by atoms with E-state index in [0.29, 0.717) is 5.95 Å². The van der Waals surface area contributed by atoms with Gasteiger partial charge in [-0.1, -0.05) is 43.6 Å². The van der Waals surface area contributed by atoms with Crippen molar-refractivity contribution in [3.8, 4) is 5.69 Å². The van der Waals surface area contributed by atoms with Gasteiger partial charge in [0.2, 0.25) is 5.95 Å². The SMILES string of the molecule is Cc1ccc(-n2nnnc2NCCc2csc(C(C)(C)C)n2)cc1. The van der Waals surface area contributed by atoms with Gasteiger partial charge in [0.25, 0.3) is 0 Å². The summed E-state index contributed by atoms with van der Waals surface area (Å²) in [5.74, 6) is 0.644. The van der Waals surface area contributed by atoms with Gasteiger partial charge in [0.1, 0.15) is 0 Å². The first-order chi connectivity index (χ1) is 11.4. The summed E-state index contributed by atoms with van der Waals surface area (Å²) in [7, 11) is 0. The second kappa shape index (κ2) is 6.68. The molecule has 3 aromatic rings. The lowest BCUT2D eigenvalue weighted by Crippen LogP contribution is -2.12. The first kappa shape index (κ1) is 16.6. The number of aromatic nitrogens is 5. The standard InChI is InChI=1S/C17H22N6S/c1-12-5-7-14(8-6-12)23-16(20-21-22-23)18-10-9-13-11-24-15(19-13)17(2,3)4/h5-8,11H,9-10H2,1-4H3,(H,18,20,22). The molecule has 1 N–H and O–H groups in total. The predicted octanol–water partition coefficient (Wildman–Crippen LogP) is 3.38. The predicted molar refractivity (Wildman–Crippen MR) is 96.9 cm³/mol.